The maximum Gasteiger partial charge on any atom is 0.260 e. The summed E-state index contributed by atoms with van der Waals surface area (Å²) in [5.74, 6) is -5.39. The zero-order chi connectivity index (χ0) is 35.6. The van der Waals surface area contributed by atoms with E-state index in [0.717, 1.165) is 10.6 Å². The number of phenols is 1. The van der Waals surface area contributed by atoms with Crippen LogP contribution in [-0.2, 0) is 37.6 Å². The molecule has 4 aliphatic rings. The first-order chi connectivity index (χ1) is 24.6. The molecule has 3 fully saturated rings. The number of hydrogen-bond donors (Lipinski definition) is 3. The van der Waals surface area contributed by atoms with Gasteiger partial charge in [-0.05, 0) is 97.0 Å². The van der Waals surface area contributed by atoms with E-state index < -0.39 is 59.2 Å². The molecular weight excluding hydrogens is 677 g/mol. The van der Waals surface area contributed by atoms with Crippen LogP contribution in [0.15, 0.2) is 101 Å². The van der Waals surface area contributed by atoms with Crippen molar-refractivity contribution in [3.63, 3.8) is 0 Å². The Kier molecular flexibility index (Phi) is 8.07. The lowest BCUT2D eigenvalue weighted by Gasteiger charge is -2.49. The molecule has 0 unspecified atom stereocenters. The summed E-state index contributed by atoms with van der Waals surface area (Å²) >= 11 is 6.32. The number of hydrogen-bond acceptors (Lipinski definition) is 8. The quantitative estimate of drug-likeness (QED) is 0.161. The number of benzene rings is 3. The molecular formula is C39H33ClFN3O7. The number of anilines is 1. The third kappa shape index (κ3) is 5.17. The molecule has 6 atom stereocenters. The number of carbonyl (C=O) groups excluding carboxylic acids is 4. The van der Waals surface area contributed by atoms with Gasteiger partial charge in [-0.15, -0.1) is 0 Å². The molecule has 2 aliphatic carbocycles. The average molecular weight is 710 g/mol. The summed E-state index contributed by atoms with van der Waals surface area (Å²) in [5.41, 5.74) is 3.74. The van der Waals surface area contributed by atoms with Crippen LogP contribution in [0, 0.1) is 29.5 Å². The molecule has 2 saturated heterocycles. The second-order valence-corrected chi connectivity index (χ2v) is 14.0. The number of hydrazine groups is 1. The second kappa shape index (κ2) is 12.5. The lowest BCUT2D eigenvalue weighted by atomic mass is 9.50. The van der Waals surface area contributed by atoms with E-state index >= 15 is 4.79 Å². The van der Waals surface area contributed by atoms with Gasteiger partial charge in [0.25, 0.3) is 11.8 Å². The molecule has 1 saturated carbocycles. The van der Waals surface area contributed by atoms with Crippen LogP contribution in [-0.4, -0.2) is 50.3 Å². The molecule has 10 nitrogen and oxygen atoms in total. The smallest absolute Gasteiger partial charge is 0.260 e. The molecule has 0 radical (unpaired) electrons. The van der Waals surface area contributed by atoms with Gasteiger partial charge < -0.3 is 14.6 Å². The first-order valence-electron chi connectivity index (χ1n) is 16.8. The molecule has 4 amide bonds. The van der Waals surface area contributed by atoms with Crippen molar-refractivity contribution in [2.75, 3.05) is 12.0 Å². The second-order valence-electron chi connectivity index (χ2n) is 13.6. The summed E-state index contributed by atoms with van der Waals surface area (Å²) in [5, 5.41) is 21.0. The maximum atomic E-state index is 15.1. The van der Waals surface area contributed by atoms with E-state index in [0.29, 0.717) is 34.0 Å². The Morgan fingerprint density at radius 1 is 0.882 bits per heavy atom. The van der Waals surface area contributed by atoms with Crippen LogP contribution in [0.3, 0.4) is 0 Å². The van der Waals surface area contributed by atoms with Crippen LogP contribution >= 0.6 is 11.6 Å². The standard InChI is InChI=1S/C39H33ClFN3O7/c40-23-5-3-22(4-6-23)39-31(36(48)44(38(39)50)42-25-9-7-24(41)8-10-25)19-30-28(34(39)32-16-13-27(20-45)51-32)14-15-29-33(30)37(49)43(35(29)47)18-17-21-1-11-26(46)12-2-21/h1-14,16,29-31,33-34,42,45-46H,15,17-20H2/t29-,30+,31-,33-,34+,39+/m0/s1. The van der Waals surface area contributed by atoms with E-state index in [1.165, 1.54) is 29.2 Å². The normalized spacial score (nSPS) is 27.0. The molecule has 3 aromatic carbocycles. The minimum absolute atomic E-state index is 0.0939. The van der Waals surface area contributed by atoms with Gasteiger partial charge in [-0.25, -0.2) is 4.39 Å². The Bertz CT molecular complexity index is 2080. The monoisotopic (exact) mass is 709 g/mol. The van der Waals surface area contributed by atoms with Crippen molar-refractivity contribution >= 4 is 40.9 Å². The van der Waals surface area contributed by atoms with Crippen molar-refractivity contribution in [1.82, 2.24) is 9.91 Å². The zero-order valence-electron chi connectivity index (χ0n) is 27.2. The molecule has 3 N–H and O–H groups in total. The fourth-order valence-electron chi connectivity index (χ4n) is 8.79. The van der Waals surface area contributed by atoms with Crippen LogP contribution in [0.2, 0.25) is 5.02 Å². The highest BCUT2D eigenvalue weighted by atomic mass is 35.5. The number of imide groups is 2. The number of nitrogens with one attached hydrogen (secondary N) is 1. The highest BCUT2D eigenvalue weighted by molar-refractivity contribution is 6.30. The van der Waals surface area contributed by atoms with E-state index in [2.05, 4.69) is 5.43 Å². The van der Waals surface area contributed by atoms with Gasteiger partial charge in [-0.2, -0.15) is 5.01 Å². The van der Waals surface area contributed by atoms with Crippen molar-refractivity contribution in [2.24, 2.45) is 23.7 Å². The summed E-state index contributed by atoms with van der Waals surface area (Å²) < 4.78 is 20.0. The third-order valence-electron chi connectivity index (χ3n) is 11.0. The van der Waals surface area contributed by atoms with Gasteiger partial charge in [0.05, 0.1) is 29.4 Å². The van der Waals surface area contributed by atoms with Crippen molar-refractivity contribution in [3.8, 4) is 5.75 Å². The summed E-state index contributed by atoms with van der Waals surface area (Å²) in [6.07, 6.45) is 2.67. The molecule has 2 aliphatic heterocycles. The number of nitrogens with zero attached hydrogens (tertiary/aromatic N) is 2. The number of rotatable bonds is 8. The van der Waals surface area contributed by atoms with E-state index in [4.69, 9.17) is 16.0 Å². The number of fused-ring (bicyclic) bond motifs is 4. The first-order valence-corrected chi connectivity index (χ1v) is 17.2. The van der Waals surface area contributed by atoms with Crippen molar-refractivity contribution in [2.45, 2.75) is 37.2 Å². The molecule has 0 spiro atoms. The van der Waals surface area contributed by atoms with Gasteiger partial charge in [-0.1, -0.05) is 47.5 Å². The fourth-order valence-corrected chi connectivity index (χ4v) is 8.91. The van der Waals surface area contributed by atoms with E-state index in [9.17, 15) is 29.0 Å². The average Bonchev–Trinajstić information content (AvgIpc) is 3.77. The SMILES string of the molecule is O=C1[C@H]2[C@H](CC=C3[C@H]2C[C@H]2C(=O)N(Nc4ccc(F)cc4)C(=O)[C@@]2(c2ccc(Cl)cc2)[C@H]3c2ccc(CO)o2)C(=O)N1CCc1ccc(O)cc1. The molecule has 12 heteroatoms. The number of furan rings is 1. The maximum absolute atomic E-state index is 15.1. The van der Waals surface area contributed by atoms with Gasteiger partial charge in [0.2, 0.25) is 11.8 Å². The van der Waals surface area contributed by atoms with Crippen molar-refractivity contribution < 1.29 is 38.2 Å². The Labute approximate surface area is 297 Å². The molecule has 51 heavy (non-hydrogen) atoms. The van der Waals surface area contributed by atoms with Gasteiger partial charge >= 0.3 is 0 Å². The van der Waals surface area contributed by atoms with Crippen LogP contribution in [0.25, 0.3) is 0 Å². The highest BCUT2D eigenvalue weighted by Crippen LogP contribution is 2.64. The molecule has 8 rings (SSSR count). The number of aliphatic hydroxyl groups is 1. The van der Waals surface area contributed by atoms with Crippen molar-refractivity contribution in [1.29, 1.82) is 0 Å². The zero-order valence-corrected chi connectivity index (χ0v) is 27.9. The number of carbonyl (C=O) groups is 4. The fraction of sp³-hybridized carbons (Fsp3) is 0.282. The number of aliphatic hydroxyl groups excluding tert-OH is 1. The summed E-state index contributed by atoms with van der Waals surface area (Å²) in [6.45, 7) is -0.241. The number of aromatic hydroxyl groups is 1. The van der Waals surface area contributed by atoms with E-state index in [1.54, 1.807) is 60.7 Å². The summed E-state index contributed by atoms with van der Waals surface area (Å²) in [4.78, 5) is 59.2. The van der Waals surface area contributed by atoms with Crippen LogP contribution in [0.4, 0.5) is 10.1 Å². The predicted molar refractivity (Wildman–Crippen MR) is 182 cm³/mol. The highest BCUT2D eigenvalue weighted by Gasteiger charge is 2.71. The third-order valence-corrected chi connectivity index (χ3v) is 11.3. The summed E-state index contributed by atoms with van der Waals surface area (Å²) in [7, 11) is 0. The largest absolute Gasteiger partial charge is 0.508 e. The number of allylic oxidation sites excluding steroid dienone is 2. The molecule has 1 aromatic heterocycles. The minimum Gasteiger partial charge on any atom is -0.508 e. The number of amides is 4. The molecule has 260 valence electrons. The molecule has 0 bridgehead atoms. The van der Waals surface area contributed by atoms with Crippen LogP contribution in [0.1, 0.15) is 41.4 Å². The van der Waals surface area contributed by atoms with Gasteiger partial charge in [0.15, 0.2) is 0 Å². The minimum atomic E-state index is -1.57. The Morgan fingerprint density at radius 3 is 2.29 bits per heavy atom. The van der Waals surface area contributed by atoms with Gasteiger partial charge in [0.1, 0.15) is 35.1 Å². The first kappa shape index (κ1) is 32.9. The van der Waals surface area contributed by atoms with E-state index in [-0.39, 0.29) is 42.7 Å². The van der Waals surface area contributed by atoms with Crippen LogP contribution < -0.4 is 5.43 Å². The molecule has 4 aromatic rings. The van der Waals surface area contributed by atoms with Gasteiger partial charge in [-0.3, -0.25) is 29.5 Å². The van der Waals surface area contributed by atoms with E-state index in [1.807, 2.05) is 6.08 Å². The Morgan fingerprint density at radius 2 is 1.61 bits per heavy atom. The number of likely N-dealkylation sites (tertiary alicyclic amines) is 1. The Balaban J connectivity index is 1.24. The van der Waals surface area contributed by atoms with Crippen LogP contribution in [0.5, 0.6) is 5.75 Å². The topological polar surface area (TPSA) is 140 Å². The molecule has 3 heterocycles. The predicted octanol–water partition coefficient (Wildman–Crippen LogP) is 5.50. The van der Waals surface area contributed by atoms with Crippen molar-refractivity contribution in [3.05, 3.63) is 130 Å². The summed E-state index contributed by atoms with van der Waals surface area (Å²) in [6, 6.07) is 21.9. The number of phenolic OH excluding ortho intramolecular Hbond substituents is 1. The van der Waals surface area contributed by atoms with Gasteiger partial charge in [0, 0.05) is 11.6 Å². The lowest BCUT2D eigenvalue weighted by molar-refractivity contribution is -0.141. The Hall–Kier alpha value is -5.26. The lowest BCUT2D eigenvalue weighted by Crippen LogP contribution is -2.53. The number of halogens is 2.